The second-order valence-corrected chi connectivity index (χ2v) is 13.3. The fourth-order valence-corrected chi connectivity index (χ4v) is 4.39. The second kappa shape index (κ2) is 25.3. The summed E-state index contributed by atoms with van der Waals surface area (Å²) in [4.78, 5) is 21.7. The van der Waals surface area contributed by atoms with Crippen molar-refractivity contribution in [2.24, 2.45) is 28.6 Å². The maximum Gasteiger partial charge on any atom is 0.328 e. The van der Waals surface area contributed by atoms with Crippen molar-refractivity contribution in [1.29, 1.82) is 0 Å². The van der Waals surface area contributed by atoms with Crippen LogP contribution in [0.2, 0.25) is 0 Å². The molecule has 0 fully saturated rings. The summed E-state index contributed by atoms with van der Waals surface area (Å²) >= 11 is 0. The molecule has 0 bridgehead atoms. The largest absolute Gasteiger partial charge is 0.478 e. The standard InChI is InChI=1S/C29H48O4.C10H16O2/c1-5-6-7-9-18-26(4)28(31)23-22-25(3)17-14-16-24(2)15-12-13-20-27(30)19-10-8-11-21-29(32)33;1-7-9(2,3)10(4,5)8(11)12-6/h5-8,10-12,15,21,24-28,30-31H,1,9,13-14,16-20,22-23H2,2-4H3,(H,32,33);1H,2-6H3/b7-6-,10-8+,15-12-,21-11-;. The number of carbonyl (C=O) groups excluding carboxylic acids is 1. The average Bonchev–Trinajstić information content (AvgIpc) is 2.99. The number of carboxylic acids is 1. The van der Waals surface area contributed by atoms with Gasteiger partial charge >= 0.3 is 11.9 Å². The van der Waals surface area contributed by atoms with Crippen LogP contribution >= 0.6 is 0 Å². The quantitative estimate of drug-likeness (QED) is 0.0364. The van der Waals surface area contributed by atoms with Crippen molar-refractivity contribution < 1.29 is 29.6 Å². The Hall–Kier alpha value is -2.88. The van der Waals surface area contributed by atoms with Gasteiger partial charge in [0, 0.05) is 11.5 Å². The SMILES string of the molecule is C#CC(C)(C)C(C)(C)C(=O)OC.C=C/C=C\CCC(C)C(O)CCC(C)CCCC(C)/C=C\CCC(O)C/C=C/C=C\C(=O)O. The van der Waals surface area contributed by atoms with Gasteiger partial charge in [-0.25, -0.2) is 4.79 Å². The molecule has 0 aromatic heterocycles. The van der Waals surface area contributed by atoms with Gasteiger partial charge in [-0.3, -0.25) is 4.79 Å². The summed E-state index contributed by atoms with van der Waals surface area (Å²) in [5.41, 5.74) is -1.13. The van der Waals surface area contributed by atoms with Crippen LogP contribution in [-0.4, -0.2) is 46.6 Å². The van der Waals surface area contributed by atoms with E-state index in [9.17, 15) is 19.8 Å². The number of ether oxygens (including phenoxy) is 1. The first kappa shape index (κ1) is 44.2. The van der Waals surface area contributed by atoms with Gasteiger partial charge in [-0.15, -0.1) is 6.42 Å². The Morgan fingerprint density at radius 2 is 1.53 bits per heavy atom. The van der Waals surface area contributed by atoms with E-state index in [1.54, 1.807) is 32.1 Å². The van der Waals surface area contributed by atoms with Gasteiger partial charge in [-0.2, -0.15) is 0 Å². The fraction of sp³-hybridized carbons (Fsp3) is 0.641. The molecule has 256 valence electrons. The number of esters is 1. The summed E-state index contributed by atoms with van der Waals surface area (Å²) < 4.78 is 4.67. The Labute approximate surface area is 275 Å². The summed E-state index contributed by atoms with van der Waals surface area (Å²) in [7, 11) is 1.37. The first-order valence-electron chi connectivity index (χ1n) is 16.5. The molecule has 0 rings (SSSR count). The minimum absolute atomic E-state index is 0.210. The third-order valence-electron chi connectivity index (χ3n) is 8.67. The predicted molar refractivity (Wildman–Crippen MR) is 188 cm³/mol. The van der Waals surface area contributed by atoms with Crippen LogP contribution in [0.5, 0.6) is 0 Å². The van der Waals surface area contributed by atoms with Crippen molar-refractivity contribution in [3.8, 4) is 12.3 Å². The molecule has 0 aliphatic carbocycles. The number of hydrogen-bond acceptors (Lipinski definition) is 5. The maximum atomic E-state index is 11.3. The molecule has 5 unspecified atom stereocenters. The highest BCUT2D eigenvalue weighted by atomic mass is 16.5. The molecule has 0 heterocycles. The Bertz CT molecular complexity index is 978. The average molecular weight is 629 g/mol. The lowest BCUT2D eigenvalue weighted by Crippen LogP contribution is -2.39. The van der Waals surface area contributed by atoms with Gasteiger partial charge in [0.05, 0.1) is 24.7 Å². The van der Waals surface area contributed by atoms with E-state index >= 15 is 0 Å². The van der Waals surface area contributed by atoms with E-state index in [0.717, 1.165) is 44.6 Å². The summed E-state index contributed by atoms with van der Waals surface area (Å²) in [6.45, 7) is 17.6. The topological polar surface area (TPSA) is 104 Å². The van der Waals surface area contributed by atoms with Crippen LogP contribution in [-0.2, 0) is 14.3 Å². The number of hydrogen-bond donors (Lipinski definition) is 3. The molecule has 0 aliphatic heterocycles. The van der Waals surface area contributed by atoms with Crippen molar-refractivity contribution in [2.45, 2.75) is 125 Å². The number of terminal acetylenes is 1. The number of allylic oxidation sites excluding steroid dienone is 7. The fourth-order valence-electron chi connectivity index (χ4n) is 4.39. The predicted octanol–water partition coefficient (Wildman–Crippen LogP) is 8.86. The summed E-state index contributed by atoms with van der Waals surface area (Å²) in [6, 6.07) is 0. The van der Waals surface area contributed by atoms with Gasteiger partial charge in [0.2, 0.25) is 0 Å². The number of aliphatic hydroxyl groups is 2. The van der Waals surface area contributed by atoms with E-state index in [1.165, 1.54) is 26.0 Å². The van der Waals surface area contributed by atoms with E-state index in [-0.39, 0.29) is 12.1 Å². The van der Waals surface area contributed by atoms with E-state index in [1.807, 2.05) is 19.9 Å². The van der Waals surface area contributed by atoms with Crippen LogP contribution < -0.4 is 0 Å². The van der Waals surface area contributed by atoms with E-state index in [2.05, 4.69) is 56.2 Å². The molecule has 3 N–H and O–H groups in total. The lowest BCUT2D eigenvalue weighted by Gasteiger charge is -2.34. The van der Waals surface area contributed by atoms with Crippen LogP contribution in [0.25, 0.3) is 0 Å². The monoisotopic (exact) mass is 628 g/mol. The third kappa shape index (κ3) is 22.3. The van der Waals surface area contributed by atoms with Crippen LogP contribution in [0.3, 0.4) is 0 Å². The Morgan fingerprint density at radius 1 is 0.889 bits per heavy atom. The van der Waals surface area contributed by atoms with Crippen LogP contribution in [0.1, 0.15) is 113 Å². The van der Waals surface area contributed by atoms with Crippen LogP contribution in [0.15, 0.2) is 61.3 Å². The summed E-state index contributed by atoms with van der Waals surface area (Å²) in [5.74, 6) is 2.85. The normalized spacial score (nSPS) is 15.8. The number of aliphatic carboxylic acids is 1. The first-order valence-corrected chi connectivity index (χ1v) is 16.5. The molecule has 0 amide bonds. The number of methoxy groups -OCH3 is 1. The lowest BCUT2D eigenvalue weighted by molar-refractivity contribution is -0.155. The summed E-state index contributed by atoms with van der Waals surface area (Å²) in [6.07, 6.45) is 30.6. The van der Waals surface area contributed by atoms with E-state index < -0.39 is 22.9 Å². The van der Waals surface area contributed by atoms with Gasteiger partial charge < -0.3 is 20.1 Å². The Kier molecular flexibility index (Phi) is 24.9. The lowest BCUT2D eigenvalue weighted by atomic mass is 9.68. The number of rotatable bonds is 22. The molecule has 0 spiro atoms. The zero-order valence-corrected chi connectivity index (χ0v) is 29.5. The van der Waals surface area contributed by atoms with Crippen molar-refractivity contribution in [3.63, 3.8) is 0 Å². The van der Waals surface area contributed by atoms with E-state index in [4.69, 9.17) is 11.5 Å². The Morgan fingerprint density at radius 3 is 2.11 bits per heavy atom. The molecule has 0 radical (unpaired) electrons. The molecular formula is C39H64O6. The van der Waals surface area contributed by atoms with Gasteiger partial charge in [0.1, 0.15) is 0 Å². The first-order chi connectivity index (χ1) is 21.0. The third-order valence-corrected chi connectivity index (χ3v) is 8.67. The van der Waals surface area contributed by atoms with Crippen LogP contribution in [0.4, 0.5) is 0 Å². The maximum absolute atomic E-state index is 11.3. The highest BCUT2D eigenvalue weighted by molar-refractivity contribution is 5.80. The molecule has 0 saturated carbocycles. The number of carbonyl (C=O) groups is 2. The number of carboxylic acid groups (broad SMARTS) is 1. The zero-order valence-electron chi connectivity index (χ0n) is 29.5. The molecule has 5 atom stereocenters. The molecule has 0 saturated heterocycles. The van der Waals surface area contributed by atoms with Crippen molar-refractivity contribution in [3.05, 3.63) is 61.3 Å². The second-order valence-electron chi connectivity index (χ2n) is 13.3. The van der Waals surface area contributed by atoms with Gasteiger partial charge in [0.25, 0.3) is 0 Å². The Balaban J connectivity index is 0. The van der Waals surface area contributed by atoms with Crippen molar-refractivity contribution >= 4 is 11.9 Å². The minimum atomic E-state index is -0.971. The van der Waals surface area contributed by atoms with Gasteiger partial charge in [-0.05, 0) is 96.8 Å². The minimum Gasteiger partial charge on any atom is -0.478 e. The van der Waals surface area contributed by atoms with Gasteiger partial charge in [0.15, 0.2) is 0 Å². The molecule has 6 nitrogen and oxygen atoms in total. The van der Waals surface area contributed by atoms with Crippen LogP contribution in [0, 0.1) is 40.9 Å². The highest BCUT2D eigenvalue weighted by Gasteiger charge is 2.43. The molecule has 6 heteroatoms. The molecular weight excluding hydrogens is 564 g/mol. The smallest absolute Gasteiger partial charge is 0.328 e. The molecule has 0 aliphatic rings. The zero-order chi connectivity index (χ0) is 34.9. The molecule has 45 heavy (non-hydrogen) atoms. The van der Waals surface area contributed by atoms with Gasteiger partial charge in [-0.1, -0.05) is 94.7 Å². The summed E-state index contributed by atoms with van der Waals surface area (Å²) in [5, 5.41) is 28.9. The highest BCUT2D eigenvalue weighted by Crippen LogP contribution is 2.38. The molecule has 0 aromatic rings. The van der Waals surface area contributed by atoms with E-state index in [0.29, 0.717) is 30.6 Å². The molecule has 0 aromatic carbocycles. The van der Waals surface area contributed by atoms with Crippen molar-refractivity contribution in [1.82, 2.24) is 0 Å². The van der Waals surface area contributed by atoms with Crippen molar-refractivity contribution in [2.75, 3.05) is 7.11 Å². The number of aliphatic hydroxyl groups excluding tert-OH is 2.